The van der Waals surface area contributed by atoms with Crippen molar-refractivity contribution in [2.75, 3.05) is 6.61 Å². The molecule has 0 aromatic heterocycles. The van der Waals surface area contributed by atoms with Gasteiger partial charge < -0.3 is 9.47 Å². The first kappa shape index (κ1) is 17.7. The maximum Gasteiger partial charge on any atom is 0.313 e. The van der Waals surface area contributed by atoms with Gasteiger partial charge in [0.1, 0.15) is 24.6 Å². The molecule has 0 amide bonds. The smallest absolute Gasteiger partial charge is 0.313 e. The molecule has 24 heavy (non-hydrogen) atoms. The predicted molar refractivity (Wildman–Crippen MR) is 91.8 cm³/mol. The van der Waals surface area contributed by atoms with Gasteiger partial charge >= 0.3 is 5.97 Å². The third-order valence-electron chi connectivity index (χ3n) is 3.44. The molecule has 0 aliphatic rings. The molecule has 4 heteroatoms. The number of carbonyl (C=O) groups is 2. The molecule has 0 bridgehead atoms. The molecular formula is C20H22O4. The van der Waals surface area contributed by atoms with Gasteiger partial charge in [0.25, 0.3) is 0 Å². The fourth-order valence-corrected chi connectivity index (χ4v) is 2.21. The Morgan fingerprint density at radius 2 is 1.62 bits per heavy atom. The van der Waals surface area contributed by atoms with Crippen LogP contribution >= 0.6 is 0 Å². The molecule has 0 heterocycles. The van der Waals surface area contributed by atoms with Gasteiger partial charge in [-0.15, -0.1) is 0 Å². The molecule has 0 aliphatic heterocycles. The van der Waals surface area contributed by atoms with E-state index in [0.717, 1.165) is 29.7 Å². The van der Waals surface area contributed by atoms with Gasteiger partial charge in [-0.25, -0.2) is 0 Å². The highest BCUT2D eigenvalue weighted by molar-refractivity contribution is 5.94. The van der Waals surface area contributed by atoms with Crippen molar-refractivity contribution in [2.45, 2.75) is 32.8 Å². The molecule has 0 saturated carbocycles. The van der Waals surface area contributed by atoms with Crippen LogP contribution in [0.15, 0.2) is 54.6 Å². The van der Waals surface area contributed by atoms with E-state index in [4.69, 9.17) is 9.47 Å². The minimum Gasteiger partial charge on any atom is -0.489 e. The Labute approximate surface area is 142 Å². The third kappa shape index (κ3) is 6.65. The molecule has 2 aromatic carbocycles. The monoisotopic (exact) mass is 326 g/mol. The highest BCUT2D eigenvalue weighted by Crippen LogP contribution is 2.15. The van der Waals surface area contributed by atoms with Crippen LogP contribution in [0.25, 0.3) is 0 Å². The van der Waals surface area contributed by atoms with E-state index >= 15 is 0 Å². The summed E-state index contributed by atoms with van der Waals surface area (Å²) in [4.78, 5) is 22.0. The van der Waals surface area contributed by atoms with Crippen LogP contribution in [0.2, 0.25) is 0 Å². The van der Waals surface area contributed by atoms with Crippen molar-refractivity contribution in [1.29, 1.82) is 0 Å². The number of Topliss-reactive ketones (excluding diaryl/α,β-unsaturated/α-hetero) is 1. The molecule has 0 atom stereocenters. The summed E-state index contributed by atoms with van der Waals surface area (Å²) in [6.07, 6.45) is 1.40. The number of aryl methyl sites for hydroxylation is 1. The zero-order valence-electron chi connectivity index (χ0n) is 13.9. The van der Waals surface area contributed by atoms with Crippen molar-refractivity contribution < 1.29 is 19.1 Å². The number of ether oxygens (including phenoxy) is 2. The SMILES string of the molecule is CC(=O)CC(=O)OCCCc1ccc(OCc2ccccc2)cc1. The van der Waals surface area contributed by atoms with Crippen LogP contribution in [0.4, 0.5) is 0 Å². The maximum absolute atomic E-state index is 11.2. The van der Waals surface area contributed by atoms with Crippen molar-refractivity contribution in [1.82, 2.24) is 0 Å². The molecule has 0 N–H and O–H groups in total. The van der Waals surface area contributed by atoms with E-state index in [2.05, 4.69) is 0 Å². The standard InChI is InChI=1S/C20H22O4/c1-16(21)14-20(22)23-13-5-8-17-9-11-19(12-10-17)24-15-18-6-3-2-4-7-18/h2-4,6-7,9-12H,5,8,13-15H2,1H3. The summed E-state index contributed by atoms with van der Waals surface area (Å²) in [5.41, 5.74) is 2.29. The van der Waals surface area contributed by atoms with Gasteiger partial charge in [-0.3, -0.25) is 9.59 Å². The van der Waals surface area contributed by atoms with Crippen LogP contribution in [-0.4, -0.2) is 18.4 Å². The summed E-state index contributed by atoms with van der Waals surface area (Å²) >= 11 is 0. The van der Waals surface area contributed by atoms with Crippen molar-refractivity contribution >= 4 is 11.8 Å². The van der Waals surface area contributed by atoms with Gasteiger partial charge in [-0.2, -0.15) is 0 Å². The lowest BCUT2D eigenvalue weighted by Gasteiger charge is -2.08. The molecule has 0 unspecified atom stereocenters. The minimum absolute atomic E-state index is 0.145. The number of carbonyl (C=O) groups excluding carboxylic acids is 2. The topological polar surface area (TPSA) is 52.6 Å². The van der Waals surface area contributed by atoms with Crippen molar-refractivity contribution in [2.24, 2.45) is 0 Å². The van der Waals surface area contributed by atoms with E-state index in [1.54, 1.807) is 0 Å². The first-order chi connectivity index (χ1) is 11.6. The van der Waals surface area contributed by atoms with E-state index in [0.29, 0.717) is 13.2 Å². The summed E-state index contributed by atoms with van der Waals surface area (Å²) in [6.45, 7) is 2.26. The van der Waals surface area contributed by atoms with Gasteiger partial charge in [-0.05, 0) is 43.0 Å². The molecular weight excluding hydrogens is 304 g/mol. The fourth-order valence-electron chi connectivity index (χ4n) is 2.21. The largest absolute Gasteiger partial charge is 0.489 e. The number of ketones is 1. The fraction of sp³-hybridized carbons (Fsp3) is 0.300. The van der Waals surface area contributed by atoms with Crippen LogP contribution in [0.5, 0.6) is 5.75 Å². The molecule has 0 saturated heterocycles. The van der Waals surface area contributed by atoms with Crippen molar-refractivity contribution in [3.63, 3.8) is 0 Å². The van der Waals surface area contributed by atoms with E-state index < -0.39 is 5.97 Å². The number of rotatable bonds is 9. The molecule has 0 spiro atoms. The molecule has 4 nitrogen and oxygen atoms in total. The van der Waals surface area contributed by atoms with E-state index in [9.17, 15) is 9.59 Å². The lowest BCUT2D eigenvalue weighted by molar-refractivity contribution is -0.145. The second kappa shape index (κ2) is 9.50. The van der Waals surface area contributed by atoms with Crippen LogP contribution in [-0.2, 0) is 27.4 Å². The Bertz CT molecular complexity index is 647. The summed E-state index contributed by atoms with van der Waals surface area (Å²) in [5.74, 6) is 0.203. The predicted octanol–water partition coefficient (Wildman–Crippen LogP) is 3.72. The molecule has 0 aliphatic carbocycles. The molecule has 126 valence electrons. The Kier molecular flexibility index (Phi) is 7.02. The molecule has 2 rings (SSSR count). The highest BCUT2D eigenvalue weighted by atomic mass is 16.5. The second-order valence-electron chi connectivity index (χ2n) is 5.62. The quantitative estimate of drug-likeness (QED) is 0.400. The molecule has 2 aromatic rings. The number of hydrogen-bond donors (Lipinski definition) is 0. The van der Waals surface area contributed by atoms with Gasteiger partial charge in [0.2, 0.25) is 0 Å². The Morgan fingerprint density at radius 3 is 2.29 bits per heavy atom. The Balaban J connectivity index is 1.68. The summed E-state index contributed by atoms with van der Waals surface area (Å²) in [5, 5.41) is 0. The molecule has 0 fully saturated rings. The summed E-state index contributed by atoms with van der Waals surface area (Å²) < 4.78 is 10.7. The summed E-state index contributed by atoms with van der Waals surface area (Å²) in [6, 6.07) is 17.9. The Hall–Kier alpha value is -2.62. The second-order valence-corrected chi connectivity index (χ2v) is 5.62. The van der Waals surface area contributed by atoms with Crippen LogP contribution < -0.4 is 4.74 Å². The summed E-state index contributed by atoms with van der Waals surface area (Å²) in [7, 11) is 0. The lowest BCUT2D eigenvalue weighted by atomic mass is 10.1. The van der Waals surface area contributed by atoms with Crippen LogP contribution in [0, 0.1) is 0 Å². The number of benzene rings is 2. The van der Waals surface area contributed by atoms with E-state index in [-0.39, 0.29) is 12.2 Å². The van der Waals surface area contributed by atoms with Crippen molar-refractivity contribution in [3.05, 3.63) is 65.7 Å². The van der Waals surface area contributed by atoms with Gasteiger partial charge in [0.05, 0.1) is 6.61 Å². The van der Waals surface area contributed by atoms with Gasteiger partial charge in [0, 0.05) is 0 Å². The van der Waals surface area contributed by atoms with E-state index in [1.165, 1.54) is 6.92 Å². The third-order valence-corrected chi connectivity index (χ3v) is 3.44. The normalized spacial score (nSPS) is 10.2. The first-order valence-corrected chi connectivity index (χ1v) is 8.04. The molecule has 0 radical (unpaired) electrons. The number of hydrogen-bond acceptors (Lipinski definition) is 4. The first-order valence-electron chi connectivity index (χ1n) is 8.04. The van der Waals surface area contributed by atoms with Crippen molar-refractivity contribution in [3.8, 4) is 5.75 Å². The minimum atomic E-state index is -0.452. The maximum atomic E-state index is 11.2. The van der Waals surface area contributed by atoms with Gasteiger partial charge in [0.15, 0.2) is 0 Å². The average Bonchev–Trinajstić information content (AvgIpc) is 2.58. The zero-order chi connectivity index (χ0) is 17.2. The van der Waals surface area contributed by atoms with Crippen LogP contribution in [0.3, 0.4) is 0 Å². The number of esters is 1. The van der Waals surface area contributed by atoms with E-state index in [1.807, 2.05) is 54.6 Å². The van der Waals surface area contributed by atoms with Gasteiger partial charge in [-0.1, -0.05) is 42.5 Å². The average molecular weight is 326 g/mol. The zero-order valence-corrected chi connectivity index (χ0v) is 13.9. The lowest BCUT2D eigenvalue weighted by Crippen LogP contribution is -2.10. The Morgan fingerprint density at radius 1 is 0.917 bits per heavy atom. The highest BCUT2D eigenvalue weighted by Gasteiger charge is 2.05. The van der Waals surface area contributed by atoms with Crippen LogP contribution in [0.1, 0.15) is 30.9 Å².